The van der Waals surface area contributed by atoms with Crippen LogP contribution in [0.5, 0.6) is 0 Å². The van der Waals surface area contributed by atoms with E-state index < -0.39 is 0 Å². The second-order valence-electron chi connectivity index (χ2n) is 4.01. The Balaban J connectivity index is 2.02. The van der Waals surface area contributed by atoms with Crippen LogP contribution < -0.4 is 10.2 Å². The summed E-state index contributed by atoms with van der Waals surface area (Å²) in [6.45, 7) is 0.769. The van der Waals surface area contributed by atoms with Crippen LogP contribution in [0.4, 0.5) is 10.1 Å². The van der Waals surface area contributed by atoms with Crippen molar-refractivity contribution < 1.29 is 9.18 Å². The predicted molar refractivity (Wildman–Crippen MR) is 54.1 cm³/mol. The first-order valence-corrected chi connectivity index (χ1v) is 5.08. The summed E-state index contributed by atoms with van der Waals surface area (Å²) in [5.74, 6) is -0.324. The van der Waals surface area contributed by atoms with Gasteiger partial charge in [0.15, 0.2) is 0 Å². The monoisotopic (exact) mass is 206 g/mol. The number of amides is 1. The quantitative estimate of drug-likeness (QED) is 0.740. The zero-order chi connectivity index (χ0) is 10.4. The summed E-state index contributed by atoms with van der Waals surface area (Å²) in [4.78, 5) is 13.4. The van der Waals surface area contributed by atoms with Crippen molar-refractivity contribution in [3.05, 3.63) is 30.1 Å². The van der Waals surface area contributed by atoms with Crippen LogP contribution in [0.25, 0.3) is 0 Å². The molecule has 2 atom stereocenters. The lowest BCUT2D eigenvalue weighted by Crippen LogP contribution is -2.48. The SMILES string of the molecule is O=C1[C@@H]2C[C@@H](CN2)N1c1ccccc1F. The molecule has 2 aliphatic rings. The molecule has 2 heterocycles. The molecule has 2 bridgehead atoms. The number of piperazine rings is 1. The Hall–Kier alpha value is -1.42. The number of para-hydroxylation sites is 1. The molecule has 0 aliphatic carbocycles. The van der Waals surface area contributed by atoms with Gasteiger partial charge in [0, 0.05) is 6.54 Å². The molecule has 4 heteroatoms. The van der Waals surface area contributed by atoms with Crippen molar-refractivity contribution in [3.63, 3.8) is 0 Å². The molecule has 0 saturated carbocycles. The van der Waals surface area contributed by atoms with Crippen LogP contribution in [0.15, 0.2) is 24.3 Å². The molecule has 1 aromatic carbocycles. The van der Waals surface area contributed by atoms with E-state index in [0.29, 0.717) is 5.69 Å². The molecule has 2 saturated heterocycles. The zero-order valence-electron chi connectivity index (χ0n) is 8.11. The molecule has 2 aliphatic heterocycles. The second kappa shape index (κ2) is 3.03. The van der Waals surface area contributed by atoms with Gasteiger partial charge in [0.1, 0.15) is 5.82 Å². The summed E-state index contributed by atoms with van der Waals surface area (Å²) in [6, 6.07) is 6.46. The van der Waals surface area contributed by atoms with Gasteiger partial charge >= 0.3 is 0 Å². The minimum Gasteiger partial charge on any atom is -0.304 e. The molecule has 0 radical (unpaired) electrons. The number of benzene rings is 1. The highest BCUT2D eigenvalue weighted by Gasteiger charge is 2.45. The van der Waals surface area contributed by atoms with Crippen LogP contribution in [-0.2, 0) is 4.79 Å². The lowest BCUT2D eigenvalue weighted by atomic mass is 10.2. The van der Waals surface area contributed by atoms with Crippen LogP contribution in [0.3, 0.4) is 0 Å². The molecule has 15 heavy (non-hydrogen) atoms. The Bertz CT molecular complexity index is 421. The zero-order valence-corrected chi connectivity index (χ0v) is 8.11. The third-order valence-corrected chi connectivity index (χ3v) is 3.12. The van der Waals surface area contributed by atoms with Crippen molar-refractivity contribution in [2.75, 3.05) is 11.4 Å². The molecule has 1 amide bonds. The smallest absolute Gasteiger partial charge is 0.244 e. The van der Waals surface area contributed by atoms with E-state index >= 15 is 0 Å². The van der Waals surface area contributed by atoms with Crippen molar-refractivity contribution in [3.8, 4) is 0 Å². The Morgan fingerprint density at radius 2 is 2.20 bits per heavy atom. The van der Waals surface area contributed by atoms with E-state index in [4.69, 9.17) is 0 Å². The van der Waals surface area contributed by atoms with Gasteiger partial charge in [-0.25, -0.2) is 4.39 Å². The lowest BCUT2D eigenvalue weighted by Gasteiger charge is -2.27. The fourth-order valence-corrected chi connectivity index (χ4v) is 2.41. The summed E-state index contributed by atoms with van der Waals surface area (Å²) >= 11 is 0. The summed E-state index contributed by atoms with van der Waals surface area (Å²) in [7, 11) is 0. The first kappa shape index (κ1) is 8.85. The largest absolute Gasteiger partial charge is 0.304 e. The van der Waals surface area contributed by atoms with Gasteiger partial charge in [-0.05, 0) is 18.6 Å². The first-order valence-electron chi connectivity index (χ1n) is 5.08. The Morgan fingerprint density at radius 3 is 2.87 bits per heavy atom. The number of hydrogen-bond acceptors (Lipinski definition) is 2. The number of nitrogens with one attached hydrogen (secondary N) is 1. The third kappa shape index (κ3) is 1.18. The maximum absolute atomic E-state index is 13.5. The van der Waals surface area contributed by atoms with E-state index in [9.17, 15) is 9.18 Å². The molecule has 3 rings (SSSR count). The molecule has 2 fully saturated rings. The number of rotatable bonds is 1. The minimum absolute atomic E-state index is 0.00338. The van der Waals surface area contributed by atoms with Crippen LogP contribution >= 0.6 is 0 Å². The normalized spacial score (nSPS) is 28.9. The number of halogens is 1. The molecule has 1 aromatic rings. The van der Waals surface area contributed by atoms with E-state index in [-0.39, 0.29) is 23.8 Å². The van der Waals surface area contributed by atoms with Gasteiger partial charge < -0.3 is 10.2 Å². The van der Waals surface area contributed by atoms with Gasteiger partial charge in [-0.15, -0.1) is 0 Å². The second-order valence-corrected chi connectivity index (χ2v) is 4.01. The van der Waals surface area contributed by atoms with E-state index in [2.05, 4.69) is 5.32 Å². The van der Waals surface area contributed by atoms with Crippen LogP contribution in [0.1, 0.15) is 6.42 Å². The standard InChI is InChI=1S/C11H11FN2O/c12-8-3-1-2-4-10(8)14-7-5-9(11(14)15)13-6-7/h1-4,7,9,13H,5-6H2/t7-,9-/m0/s1. The molecular weight excluding hydrogens is 195 g/mol. The summed E-state index contributed by atoms with van der Waals surface area (Å²) < 4.78 is 13.5. The average Bonchev–Trinajstić information content (AvgIpc) is 2.80. The number of carbonyl (C=O) groups excluding carboxylic acids is 1. The molecule has 0 aromatic heterocycles. The number of nitrogens with zero attached hydrogens (tertiary/aromatic N) is 1. The highest BCUT2D eigenvalue weighted by molar-refractivity contribution is 6.01. The van der Waals surface area contributed by atoms with Gasteiger partial charge in [0.25, 0.3) is 0 Å². The molecule has 0 unspecified atom stereocenters. The average molecular weight is 206 g/mol. The summed E-state index contributed by atoms with van der Waals surface area (Å²) in [5.41, 5.74) is 0.413. The maximum atomic E-state index is 13.5. The third-order valence-electron chi connectivity index (χ3n) is 3.12. The Labute approximate surface area is 86.9 Å². The number of fused-ring (bicyclic) bond motifs is 2. The molecule has 78 valence electrons. The number of hydrogen-bond donors (Lipinski definition) is 1. The van der Waals surface area contributed by atoms with Crippen molar-refractivity contribution in [1.82, 2.24) is 5.32 Å². The van der Waals surface area contributed by atoms with Crippen LogP contribution in [0.2, 0.25) is 0 Å². The first-order chi connectivity index (χ1) is 7.27. The van der Waals surface area contributed by atoms with Gasteiger partial charge in [0.05, 0.1) is 17.8 Å². The van der Waals surface area contributed by atoms with E-state index in [0.717, 1.165) is 13.0 Å². The molecule has 3 nitrogen and oxygen atoms in total. The van der Waals surface area contributed by atoms with E-state index in [1.165, 1.54) is 6.07 Å². The van der Waals surface area contributed by atoms with Crippen LogP contribution in [0, 0.1) is 5.82 Å². The van der Waals surface area contributed by atoms with Crippen molar-refractivity contribution in [1.29, 1.82) is 0 Å². The predicted octanol–water partition coefficient (Wildman–Crippen LogP) is 0.903. The summed E-state index contributed by atoms with van der Waals surface area (Å²) in [5, 5.41) is 3.11. The lowest BCUT2D eigenvalue weighted by molar-refractivity contribution is -0.119. The maximum Gasteiger partial charge on any atom is 0.244 e. The minimum atomic E-state index is -0.321. The van der Waals surface area contributed by atoms with E-state index in [1.807, 2.05) is 0 Å². The van der Waals surface area contributed by atoms with Gasteiger partial charge in [-0.2, -0.15) is 0 Å². The fraction of sp³-hybridized carbons (Fsp3) is 0.364. The number of anilines is 1. The van der Waals surface area contributed by atoms with E-state index in [1.54, 1.807) is 23.1 Å². The van der Waals surface area contributed by atoms with Gasteiger partial charge in [-0.3, -0.25) is 4.79 Å². The molecular formula is C11H11FN2O. The Kier molecular flexibility index (Phi) is 1.79. The molecule has 1 N–H and O–H groups in total. The Morgan fingerprint density at radius 1 is 1.40 bits per heavy atom. The van der Waals surface area contributed by atoms with Crippen molar-refractivity contribution in [2.45, 2.75) is 18.5 Å². The van der Waals surface area contributed by atoms with Gasteiger partial charge in [-0.1, -0.05) is 12.1 Å². The van der Waals surface area contributed by atoms with Crippen molar-refractivity contribution >= 4 is 11.6 Å². The van der Waals surface area contributed by atoms with Crippen molar-refractivity contribution in [2.24, 2.45) is 0 Å². The number of carbonyl (C=O) groups is 1. The topological polar surface area (TPSA) is 32.3 Å². The highest BCUT2D eigenvalue weighted by atomic mass is 19.1. The highest BCUT2D eigenvalue weighted by Crippen LogP contribution is 2.31. The van der Waals surface area contributed by atoms with Crippen LogP contribution in [-0.4, -0.2) is 24.5 Å². The molecule has 0 spiro atoms. The summed E-state index contributed by atoms with van der Waals surface area (Å²) in [6.07, 6.45) is 0.799. The fourth-order valence-electron chi connectivity index (χ4n) is 2.41. The van der Waals surface area contributed by atoms with Gasteiger partial charge in [0.2, 0.25) is 5.91 Å².